The molecule has 0 fully saturated rings. The lowest BCUT2D eigenvalue weighted by Gasteiger charge is -2.12. The van der Waals surface area contributed by atoms with Crippen molar-refractivity contribution in [3.8, 4) is 17.1 Å². The zero-order chi connectivity index (χ0) is 22.8. The van der Waals surface area contributed by atoms with Crippen LogP contribution in [-0.4, -0.2) is 25.9 Å². The monoisotopic (exact) mass is 472 g/mol. The molecule has 5 rings (SSSR count). The molecule has 0 saturated heterocycles. The molecule has 3 aromatic carbocycles. The van der Waals surface area contributed by atoms with E-state index in [0.717, 1.165) is 16.8 Å². The van der Waals surface area contributed by atoms with Crippen LogP contribution in [-0.2, 0) is 5.75 Å². The van der Waals surface area contributed by atoms with E-state index in [1.165, 1.54) is 16.7 Å². The minimum Gasteiger partial charge on any atom is -0.338 e. The Morgan fingerprint density at radius 3 is 2.45 bits per heavy atom. The number of aryl methyl sites for hydroxylation is 1. The van der Waals surface area contributed by atoms with Gasteiger partial charge < -0.3 is 4.52 Å². The molecule has 5 aromatic rings. The van der Waals surface area contributed by atoms with E-state index in [2.05, 4.69) is 10.1 Å². The van der Waals surface area contributed by atoms with Crippen molar-refractivity contribution in [1.82, 2.24) is 19.7 Å². The highest BCUT2D eigenvalue weighted by Gasteiger charge is 2.16. The van der Waals surface area contributed by atoms with E-state index in [9.17, 15) is 4.79 Å². The van der Waals surface area contributed by atoms with Crippen LogP contribution in [0, 0.1) is 6.92 Å². The maximum atomic E-state index is 13.3. The number of nitrogens with zero attached hydrogens (tertiary/aromatic N) is 4. The van der Waals surface area contributed by atoms with Crippen molar-refractivity contribution in [3.05, 3.63) is 94.6 Å². The van der Waals surface area contributed by atoms with Gasteiger partial charge in [-0.25, -0.2) is 4.98 Å². The maximum absolute atomic E-state index is 13.3. The fourth-order valence-electron chi connectivity index (χ4n) is 3.43. The van der Waals surface area contributed by atoms with Gasteiger partial charge in [-0.2, -0.15) is 4.98 Å². The third-order valence-corrected chi connectivity index (χ3v) is 6.85. The first-order valence-electron chi connectivity index (χ1n) is 10.3. The van der Waals surface area contributed by atoms with E-state index in [4.69, 9.17) is 9.51 Å². The van der Waals surface area contributed by atoms with Crippen LogP contribution in [0.1, 0.15) is 11.5 Å². The molecule has 2 heterocycles. The largest absolute Gasteiger partial charge is 0.338 e. The molecule has 6 nitrogen and oxygen atoms in total. The molecule has 0 unspecified atom stereocenters. The van der Waals surface area contributed by atoms with Crippen LogP contribution in [0.2, 0.25) is 0 Å². The maximum Gasteiger partial charge on any atom is 0.266 e. The highest BCUT2D eigenvalue weighted by atomic mass is 32.2. The number of hydrogen-bond acceptors (Lipinski definition) is 7. The van der Waals surface area contributed by atoms with Crippen LogP contribution in [0.15, 0.2) is 92.2 Å². The lowest BCUT2D eigenvalue weighted by molar-refractivity contribution is 0.391. The molecule has 2 aromatic heterocycles. The molecule has 33 heavy (non-hydrogen) atoms. The summed E-state index contributed by atoms with van der Waals surface area (Å²) in [7, 11) is 0. The van der Waals surface area contributed by atoms with Crippen molar-refractivity contribution in [3.63, 3.8) is 0 Å². The Kier molecular flexibility index (Phi) is 6.02. The first kappa shape index (κ1) is 21.5. The second-order valence-electron chi connectivity index (χ2n) is 7.42. The summed E-state index contributed by atoms with van der Waals surface area (Å²) >= 11 is 3.08. The topological polar surface area (TPSA) is 73.8 Å². The SMILES string of the molecule is CSc1ccc(-c2noc(CSc3nc4ccccc4c(=O)n3-c3ccc(C)cc3)n2)cc1. The predicted molar refractivity (Wildman–Crippen MR) is 133 cm³/mol. The van der Waals surface area contributed by atoms with E-state index < -0.39 is 0 Å². The van der Waals surface area contributed by atoms with Gasteiger partial charge in [-0.1, -0.05) is 46.7 Å². The Balaban J connectivity index is 1.47. The van der Waals surface area contributed by atoms with Crippen molar-refractivity contribution in [2.45, 2.75) is 22.7 Å². The molecule has 0 atom stereocenters. The van der Waals surface area contributed by atoms with Gasteiger partial charge in [0.1, 0.15) is 0 Å². The number of para-hydroxylation sites is 1. The molecular formula is C25H20N4O2S2. The Hall–Kier alpha value is -3.36. The van der Waals surface area contributed by atoms with Crippen molar-refractivity contribution < 1.29 is 4.52 Å². The van der Waals surface area contributed by atoms with Crippen LogP contribution in [0.4, 0.5) is 0 Å². The normalized spacial score (nSPS) is 11.2. The summed E-state index contributed by atoms with van der Waals surface area (Å²) < 4.78 is 7.12. The minimum atomic E-state index is -0.105. The zero-order valence-corrected chi connectivity index (χ0v) is 19.7. The highest BCUT2D eigenvalue weighted by Crippen LogP contribution is 2.26. The van der Waals surface area contributed by atoms with Crippen LogP contribution < -0.4 is 5.56 Å². The van der Waals surface area contributed by atoms with Gasteiger partial charge in [0.2, 0.25) is 11.7 Å². The molecule has 0 spiro atoms. The molecule has 0 radical (unpaired) electrons. The van der Waals surface area contributed by atoms with Gasteiger partial charge >= 0.3 is 0 Å². The van der Waals surface area contributed by atoms with Gasteiger partial charge in [0.05, 0.1) is 22.3 Å². The second-order valence-corrected chi connectivity index (χ2v) is 9.24. The summed E-state index contributed by atoms with van der Waals surface area (Å²) in [5.41, 5.74) is 3.35. The summed E-state index contributed by atoms with van der Waals surface area (Å²) in [6, 6.07) is 23.2. The van der Waals surface area contributed by atoms with Gasteiger partial charge in [-0.3, -0.25) is 9.36 Å². The van der Waals surface area contributed by atoms with Crippen LogP contribution in [0.3, 0.4) is 0 Å². The third kappa shape index (κ3) is 4.44. The van der Waals surface area contributed by atoms with E-state index in [1.807, 2.05) is 79.9 Å². The summed E-state index contributed by atoms with van der Waals surface area (Å²) in [5.74, 6) is 1.41. The average Bonchev–Trinajstić information content (AvgIpc) is 3.33. The van der Waals surface area contributed by atoms with Crippen LogP contribution in [0.5, 0.6) is 0 Å². The van der Waals surface area contributed by atoms with E-state index in [-0.39, 0.29) is 5.56 Å². The minimum absolute atomic E-state index is 0.105. The number of hydrogen-bond donors (Lipinski definition) is 0. The fourth-order valence-corrected chi connectivity index (χ4v) is 4.69. The molecule has 0 aliphatic carbocycles. The average molecular weight is 473 g/mol. The molecule has 0 N–H and O–H groups in total. The van der Waals surface area contributed by atoms with E-state index >= 15 is 0 Å². The van der Waals surface area contributed by atoms with E-state index in [0.29, 0.717) is 33.5 Å². The van der Waals surface area contributed by atoms with Crippen LogP contribution in [0.25, 0.3) is 28.0 Å². The van der Waals surface area contributed by atoms with Gasteiger partial charge in [0.25, 0.3) is 5.56 Å². The second kappa shape index (κ2) is 9.25. The molecule has 0 bridgehead atoms. The third-order valence-electron chi connectivity index (χ3n) is 5.18. The molecule has 0 aliphatic rings. The Morgan fingerprint density at radius 1 is 0.939 bits per heavy atom. The number of rotatable bonds is 6. The molecule has 0 amide bonds. The molecule has 0 saturated carbocycles. The first-order chi connectivity index (χ1) is 16.1. The summed E-state index contributed by atoms with van der Waals surface area (Å²) in [6.07, 6.45) is 2.04. The summed E-state index contributed by atoms with van der Waals surface area (Å²) in [4.78, 5) is 23.8. The number of aromatic nitrogens is 4. The fraction of sp³-hybridized carbons (Fsp3) is 0.120. The Morgan fingerprint density at radius 2 is 1.70 bits per heavy atom. The molecule has 8 heteroatoms. The summed E-state index contributed by atoms with van der Waals surface area (Å²) in [6.45, 7) is 2.02. The Labute approximate surface area is 199 Å². The number of thioether (sulfide) groups is 2. The van der Waals surface area contributed by atoms with Crippen LogP contribution >= 0.6 is 23.5 Å². The zero-order valence-electron chi connectivity index (χ0n) is 18.1. The van der Waals surface area contributed by atoms with Crippen molar-refractivity contribution >= 4 is 34.4 Å². The van der Waals surface area contributed by atoms with E-state index in [1.54, 1.807) is 22.4 Å². The number of fused-ring (bicyclic) bond motifs is 1. The standard InChI is InChI=1S/C25H20N4O2S2/c1-16-7-11-18(12-8-16)29-24(30)20-5-3-4-6-21(20)26-25(29)33-15-22-27-23(28-31-22)17-9-13-19(32-2)14-10-17/h3-14H,15H2,1-2H3. The van der Waals surface area contributed by atoms with Crippen molar-refractivity contribution in [2.24, 2.45) is 0 Å². The molecule has 164 valence electrons. The van der Waals surface area contributed by atoms with Crippen molar-refractivity contribution in [2.75, 3.05) is 6.26 Å². The lowest BCUT2D eigenvalue weighted by atomic mass is 10.2. The van der Waals surface area contributed by atoms with Gasteiger partial charge in [0.15, 0.2) is 5.16 Å². The van der Waals surface area contributed by atoms with Gasteiger partial charge in [-0.05, 0) is 61.7 Å². The molecular weight excluding hydrogens is 452 g/mol. The van der Waals surface area contributed by atoms with Gasteiger partial charge in [0, 0.05) is 10.5 Å². The van der Waals surface area contributed by atoms with Crippen molar-refractivity contribution in [1.29, 1.82) is 0 Å². The smallest absolute Gasteiger partial charge is 0.266 e. The van der Waals surface area contributed by atoms with Gasteiger partial charge in [-0.15, -0.1) is 11.8 Å². The molecule has 0 aliphatic heterocycles. The lowest BCUT2D eigenvalue weighted by Crippen LogP contribution is -2.21. The number of benzene rings is 3. The predicted octanol–water partition coefficient (Wildman–Crippen LogP) is 5.76. The summed E-state index contributed by atoms with van der Waals surface area (Å²) in [5, 5.41) is 5.27. The quantitative estimate of drug-likeness (QED) is 0.230. The highest BCUT2D eigenvalue weighted by molar-refractivity contribution is 7.98. The Bertz CT molecular complexity index is 1480. The first-order valence-corrected chi connectivity index (χ1v) is 12.5.